The van der Waals surface area contributed by atoms with Crippen LogP contribution in [0.1, 0.15) is 33.3 Å². The van der Waals surface area contributed by atoms with Crippen LogP contribution in [-0.2, 0) is 0 Å². The molecule has 0 aliphatic carbocycles. The Labute approximate surface area is 114 Å². The highest BCUT2D eigenvalue weighted by molar-refractivity contribution is 9.10. The molecule has 0 fully saturated rings. The molecule has 0 saturated heterocycles. The van der Waals surface area contributed by atoms with Crippen LogP contribution < -0.4 is 4.90 Å². The maximum atomic E-state index is 4.52. The lowest BCUT2D eigenvalue weighted by Gasteiger charge is -2.28. The van der Waals surface area contributed by atoms with Crippen LogP contribution in [0.25, 0.3) is 0 Å². The summed E-state index contributed by atoms with van der Waals surface area (Å²) in [4.78, 5) is 6.91. The second-order valence-corrected chi connectivity index (χ2v) is 6.25. The van der Waals surface area contributed by atoms with Gasteiger partial charge in [0.25, 0.3) is 0 Å². The van der Waals surface area contributed by atoms with Gasteiger partial charge in [-0.25, -0.2) is 4.98 Å². The van der Waals surface area contributed by atoms with Gasteiger partial charge in [0.2, 0.25) is 0 Å². The van der Waals surface area contributed by atoms with Crippen LogP contribution in [0.2, 0.25) is 0 Å². The summed E-state index contributed by atoms with van der Waals surface area (Å²) in [6.45, 7) is 13.2. The third kappa shape index (κ3) is 4.30. The van der Waals surface area contributed by atoms with E-state index < -0.39 is 0 Å². The van der Waals surface area contributed by atoms with Crippen molar-refractivity contribution in [2.24, 2.45) is 11.8 Å². The predicted octanol–water partition coefficient (Wildman–Crippen LogP) is 4.27. The number of hydrogen-bond acceptors (Lipinski definition) is 2. The SMILES string of the molecule is Cc1ccnc(N(CC(C)C)CC(C)C)c1Br. The molecule has 0 bridgehead atoms. The van der Waals surface area contributed by atoms with Crippen molar-refractivity contribution < 1.29 is 0 Å². The van der Waals surface area contributed by atoms with Gasteiger partial charge >= 0.3 is 0 Å². The van der Waals surface area contributed by atoms with Crippen molar-refractivity contribution in [2.45, 2.75) is 34.6 Å². The third-order valence-corrected chi connectivity index (χ3v) is 3.51. The monoisotopic (exact) mass is 298 g/mol. The van der Waals surface area contributed by atoms with E-state index in [1.165, 1.54) is 5.56 Å². The summed E-state index contributed by atoms with van der Waals surface area (Å²) in [5.74, 6) is 2.36. The minimum atomic E-state index is 0.642. The van der Waals surface area contributed by atoms with Crippen LogP contribution in [-0.4, -0.2) is 18.1 Å². The largest absolute Gasteiger partial charge is 0.355 e. The lowest BCUT2D eigenvalue weighted by Crippen LogP contribution is -2.32. The van der Waals surface area contributed by atoms with Gasteiger partial charge in [0.15, 0.2) is 0 Å². The first-order valence-electron chi connectivity index (χ1n) is 6.27. The maximum absolute atomic E-state index is 4.52. The first-order chi connectivity index (χ1) is 7.91. The Bertz CT molecular complexity index is 351. The Hall–Kier alpha value is -0.570. The van der Waals surface area contributed by atoms with Crippen molar-refractivity contribution in [1.29, 1.82) is 0 Å². The Morgan fingerprint density at radius 3 is 2.18 bits per heavy atom. The van der Waals surface area contributed by atoms with Gasteiger partial charge in [0, 0.05) is 19.3 Å². The second kappa shape index (κ2) is 6.39. The van der Waals surface area contributed by atoms with E-state index in [1.54, 1.807) is 0 Å². The third-order valence-electron chi connectivity index (χ3n) is 2.53. The first kappa shape index (κ1) is 14.5. The summed E-state index contributed by atoms with van der Waals surface area (Å²) >= 11 is 3.66. The van der Waals surface area contributed by atoms with E-state index in [-0.39, 0.29) is 0 Å². The molecule has 0 amide bonds. The molecule has 0 aliphatic heterocycles. The molecule has 1 heterocycles. The molecule has 0 N–H and O–H groups in total. The van der Waals surface area contributed by atoms with Gasteiger partial charge in [-0.2, -0.15) is 0 Å². The average Bonchev–Trinajstić information content (AvgIpc) is 2.19. The molecule has 0 atom stereocenters. The molecule has 0 radical (unpaired) electrons. The van der Waals surface area contributed by atoms with Crippen LogP contribution in [0.15, 0.2) is 16.7 Å². The summed E-state index contributed by atoms with van der Waals surface area (Å²) in [6, 6.07) is 2.04. The summed E-state index contributed by atoms with van der Waals surface area (Å²) < 4.78 is 1.13. The van der Waals surface area contributed by atoms with Gasteiger partial charge < -0.3 is 4.90 Å². The standard InChI is InChI=1S/C14H23BrN2/c1-10(2)8-17(9-11(3)4)14-13(15)12(5)6-7-16-14/h6-7,10-11H,8-9H2,1-5H3. The van der Waals surface area contributed by atoms with Crippen molar-refractivity contribution in [3.05, 3.63) is 22.3 Å². The molecule has 0 spiro atoms. The van der Waals surface area contributed by atoms with Crippen molar-refractivity contribution >= 4 is 21.7 Å². The molecule has 2 nitrogen and oxygen atoms in total. The highest BCUT2D eigenvalue weighted by Gasteiger charge is 2.15. The zero-order valence-corrected chi connectivity index (χ0v) is 13.1. The molecule has 17 heavy (non-hydrogen) atoms. The number of halogens is 1. The van der Waals surface area contributed by atoms with E-state index in [9.17, 15) is 0 Å². The molecule has 3 heteroatoms. The number of aryl methyl sites for hydroxylation is 1. The van der Waals surface area contributed by atoms with E-state index >= 15 is 0 Å². The first-order valence-corrected chi connectivity index (χ1v) is 7.07. The minimum absolute atomic E-state index is 0.642. The topological polar surface area (TPSA) is 16.1 Å². The molecular weight excluding hydrogens is 276 g/mol. The fourth-order valence-corrected chi connectivity index (χ4v) is 2.36. The van der Waals surface area contributed by atoms with E-state index in [4.69, 9.17) is 0 Å². The lowest BCUT2D eigenvalue weighted by molar-refractivity contribution is 0.548. The fourth-order valence-electron chi connectivity index (χ4n) is 1.88. The highest BCUT2D eigenvalue weighted by Crippen LogP contribution is 2.27. The van der Waals surface area contributed by atoms with Crippen LogP contribution in [0.4, 0.5) is 5.82 Å². The van der Waals surface area contributed by atoms with Gasteiger partial charge in [-0.05, 0) is 46.3 Å². The number of anilines is 1. The average molecular weight is 299 g/mol. The van der Waals surface area contributed by atoms with Gasteiger partial charge in [-0.1, -0.05) is 27.7 Å². The summed E-state index contributed by atoms with van der Waals surface area (Å²) in [5.41, 5.74) is 1.24. The second-order valence-electron chi connectivity index (χ2n) is 5.46. The Kier molecular flexibility index (Phi) is 5.44. The molecule has 1 rings (SSSR count). The maximum Gasteiger partial charge on any atom is 0.143 e. The van der Waals surface area contributed by atoms with E-state index in [1.807, 2.05) is 12.3 Å². The Balaban J connectivity index is 2.99. The van der Waals surface area contributed by atoms with Gasteiger partial charge in [0.05, 0.1) is 4.47 Å². The number of aromatic nitrogens is 1. The molecule has 0 saturated carbocycles. The Morgan fingerprint density at radius 2 is 1.71 bits per heavy atom. The minimum Gasteiger partial charge on any atom is -0.355 e. The summed E-state index contributed by atoms with van der Waals surface area (Å²) in [6.07, 6.45) is 1.89. The van der Waals surface area contributed by atoms with Crippen molar-refractivity contribution in [3.8, 4) is 0 Å². The van der Waals surface area contributed by atoms with Crippen LogP contribution in [0.3, 0.4) is 0 Å². The molecule has 1 aromatic heterocycles. The number of hydrogen-bond donors (Lipinski definition) is 0. The Morgan fingerprint density at radius 1 is 1.18 bits per heavy atom. The van der Waals surface area contributed by atoms with Gasteiger partial charge in [0.1, 0.15) is 5.82 Å². The van der Waals surface area contributed by atoms with Crippen molar-refractivity contribution in [3.63, 3.8) is 0 Å². The molecule has 96 valence electrons. The van der Waals surface area contributed by atoms with E-state index in [0.717, 1.165) is 23.4 Å². The molecule has 0 aliphatic rings. The normalized spacial score (nSPS) is 11.3. The van der Waals surface area contributed by atoms with E-state index in [2.05, 4.69) is 60.4 Å². The van der Waals surface area contributed by atoms with Crippen LogP contribution in [0.5, 0.6) is 0 Å². The quantitative estimate of drug-likeness (QED) is 0.807. The fraction of sp³-hybridized carbons (Fsp3) is 0.643. The zero-order chi connectivity index (χ0) is 13.0. The predicted molar refractivity (Wildman–Crippen MR) is 78.6 cm³/mol. The smallest absolute Gasteiger partial charge is 0.143 e. The molecule has 0 aromatic carbocycles. The van der Waals surface area contributed by atoms with Crippen molar-refractivity contribution in [1.82, 2.24) is 4.98 Å². The number of nitrogens with zero attached hydrogens (tertiary/aromatic N) is 2. The summed E-state index contributed by atoms with van der Waals surface area (Å²) in [7, 11) is 0. The van der Waals surface area contributed by atoms with Gasteiger partial charge in [-0.3, -0.25) is 0 Å². The molecular formula is C14H23BrN2. The zero-order valence-electron chi connectivity index (χ0n) is 11.5. The number of rotatable bonds is 5. The lowest BCUT2D eigenvalue weighted by atomic mass is 10.1. The van der Waals surface area contributed by atoms with Crippen molar-refractivity contribution in [2.75, 3.05) is 18.0 Å². The van der Waals surface area contributed by atoms with Crippen LogP contribution in [0, 0.1) is 18.8 Å². The highest BCUT2D eigenvalue weighted by atomic mass is 79.9. The number of pyridine rings is 1. The van der Waals surface area contributed by atoms with Crippen LogP contribution >= 0.6 is 15.9 Å². The summed E-state index contributed by atoms with van der Waals surface area (Å²) in [5, 5.41) is 0. The van der Waals surface area contributed by atoms with Gasteiger partial charge in [-0.15, -0.1) is 0 Å². The molecule has 0 unspecified atom stereocenters. The molecule has 1 aromatic rings. The van der Waals surface area contributed by atoms with E-state index in [0.29, 0.717) is 11.8 Å².